The standard InChI is InChI=1S/C15H20F2N2O3/c16-13(17)9-22-12-3-1-11(2-4-12)19-15(20)14(18)10-5-7-21-8-6-10/h1-4,10,13-14H,5-9,18H2,(H,19,20). The summed E-state index contributed by atoms with van der Waals surface area (Å²) < 4.78 is 34.2. The van der Waals surface area contributed by atoms with Gasteiger partial charge >= 0.3 is 0 Å². The van der Waals surface area contributed by atoms with Crippen LogP contribution in [0.5, 0.6) is 5.75 Å². The van der Waals surface area contributed by atoms with Crippen molar-refractivity contribution in [3.8, 4) is 5.75 Å². The normalized spacial score (nSPS) is 17.3. The van der Waals surface area contributed by atoms with Crippen LogP contribution in [-0.2, 0) is 9.53 Å². The molecule has 0 spiro atoms. The fourth-order valence-corrected chi connectivity index (χ4v) is 2.31. The molecule has 1 saturated heterocycles. The zero-order chi connectivity index (χ0) is 15.9. The number of carbonyl (C=O) groups is 1. The van der Waals surface area contributed by atoms with Crippen LogP contribution in [0.25, 0.3) is 0 Å². The van der Waals surface area contributed by atoms with Crippen molar-refractivity contribution in [3.05, 3.63) is 24.3 Å². The first-order valence-electron chi connectivity index (χ1n) is 7.21. The molecule has 0 bridgehead atoms. The third-order valence-electron chi connectivity index (χ3n) is 3.57. The lowest BCUT2D eigenvalue weighted by Crippen LogP contribution is -2.43. The van der Waals surface area contributed by atoms with E-state index in [0.29, 0.717) is 24.7 Å². The van der Waals surface area contributed by atoms with Crippen LogP contribution in [0, 0.1) is 5.92 Å². The molecule has 5 nitrogen and oxygen atoms in total. The number of hydrogen-bond acceptors (Lipinski definition) is 4. The van der Waals surface area contributed by atoms with Crippen molar-refractivity contribution in [2.24, 2.45) is 11.7 Å². The molecule has 1 aromatic rings. The highest BCUT2D eigenvalue weighted by atomic mass is 19.3. The Kier molecular flexibility index (Phi) is 6.09. The Morgan fingerprint density at radius 3 is 2.55 bits per heavy atom. The number of ether oxygens (including phenoxy) is 2. The summed E-state index contributed by atoms with van der Waals surface area (Å²) in [6.45, 7) is 0.601. The smallest absolute Gasteiger partial charge is 0.272 e. The molecule has 122 valence electrons. The second-order valence-corrected chi connectivity index (χ2v) is 5.19. The summed E-state index contributed by atoms with van der Waals surface area (Å²) in [6.07, 6.45) is -0.971. The van der Waals surface area contributed by atoms with E-state index >= 15 is 0 Å². The van der Waals surface area contributed by atoms with E-state index in [1.807, 2.05) is 0 Å². The predicted molar refractivity (Wildman–Crippen MR) is 78.1 cm³/mol. The Bertz CT molecular complexity index is 476. The van der Waals surface area contributed by atoms with Crippen molar-refractivity contribution in [2.45, 2.75) is 25.3 Å². The zero-order valence-electron chi connectivity index (χ0n) is 12.1. The number of carbonyl (C=O) groups excluding carboxylic acids is 1. The maximum absolute atomic E-state index is 12.1. The highest BCUT2D eigenvalue weighted by Crippen LogP contribution is 2.20. The first kappa shape index (κ1) is 16.6. The molecular formula is C15H20F2N2O3. The van der Waals surface area contributed by atoms with Gasteiger partial charge in [0, 0.05) is 18.9 Å². The molecular weight excluding hydrogens is 294 g/mol. The molecule has 1 aliphatic rings. The van der Waals surface area contributed by atoms with Gasteiger partial charge in [0.15, 0.2) is 0 Å². The van der Waals surface area contributed by atoms with Gasteiger partial charge in [-0.2, -0.15) is 0 Å². The molecule has 1 aromatic carbocycles. The summed E-state index contributed by atoms with van der Waals surface area (Å²) in [6, 6.07) is 5.65. The monoisotopic (exact) mass is 314 g/mol. The van der Waals surface area contributed by atoms with Crippen LogP contribution in [0.3, 0.4) is 0 Å². The number of halogens is 2. The molecule has 0 radical (unpaired) electrons. The minimum atomic E-state index is -2.52. The number of hydrogen-bond donors (Lipinski definition) is 2. The van der Waals surface area contributed by atoms with Crippen molar-refractivity contribution < 1.29 is 23.0 Å². The fraction of sp³-hybridized carbons (Fsp3) is 0.533. The number of nitrogens with two attached hydrogens (primary N) is 1. The molecule has 3 N–H and O–H groups in total. The molecule has 0 aliphatic carbocycles. The lowest BCUT2D eigenvalue weighted by molar-refractivity contribution is -0.119. The van der Waals surface area contributed by atoms with Gasteiger partial charge in [-0.3, -0.25) is 4.79 Å². The highest BCUT2D eigenvalue weighted by molar-refractivity contribution is 5.94. The van der Waals surface area contributed by atoms with E-state index in [9.17, 15) is 13.6 Å². The number of benzene rings is 1. The van der Waals surface area contributed by atoms with Gasteiger partial charge in [-0.15, -0.1) is 0 Å². The second kappa shape index (κ2) is 8.05. The average Bonchev–Trinajstić information content (AvgIpc) is 2.54. The van der Waals surface area contributed by atoms with Crippen LogP contribution in [0.4, 0.5) is 14.5 Å². The first-order valence-corrected chi connectivity index (χ1v) is 7.21. The molecule has 1 aliphatic heterocycles. The van der Waals surface area contributed by atoms with E-state index in [4.69, 9.17) is 15.2 Å². The van der Waals surface area contributed by atoms with E-state index < -0.39 is 19.1 Å². The van der Waals surface area contributed by atoms with E-state index in [-0.39, 0.29) is 11.8 Å². The second-order valence-electron chi connectivity index (χ2n) is 5.19. The lowest BCUT2D eigenvalue weighted by Gasteiger charge is -2.26. The molecule has 7 heteroatoms. The largest absolute Gasteiger partial charge is 0.488 e. The third-order valence-corrected chi connectivity index (χ3v) is 3.57. The molecule has 0 aromatic heterocycles. The number of rotatable bonds is 6. The van der Waals surface area contributed by atoms with Crippen LogP contribution in [-0.4, -0.2) is 38.2 Å². The molecule has 22 heavy (non-hydrogen) atoms. The summed E-state index contributed by atoms with van der Waals surface area (Å²) in [5, 5.41) is 2.72. The molecule has 1 fully saturated rings. The average molecular weight is 314 g/mol. The predicted octanol–water partition coefficient (Wildman–Crippen LogP) is 2.02. The maximum Gasteiger partial charge on any atom is 0.272 e. The van der Waals surface area contributed by atoms with Gasteiger partial charge in [-0.1, -0.05) is 0 Å². The van der Waals surface area contributed by atoms with Gasteiger partial charge in [0.05, 0.1) is 6.04 Å². The Hall–Kier alpha value is -1.73. The highest BCUT2D eigenvalue weighted by Gasteiger charge is 2.26. The fourth-order valence-electron chi connectivity index (χ4n) is 2.31. The maximum atomic E-state index is 12.1. The van der Waals surface area contributed by atoms with Crippen LogP contribution >= 0.6 is 0 Å². The SMILES string of the molecule is NC(C(=O)Nc1ccc(OCC(F)F)cc1)C1CCOCC1. The van der Waals surface area contributed by atoms with E-state index in [1.165, 1.54) is 12.1 Å². The summed E-state index contributed by atoms with van der Waals surface area (Å²) in [5.41, 5.74) is 6.53. The Morgan fingerprint density at radius 2 is 1.95 bits per heavy atom. The molecule has 2 rings (SSSR count). The van der Waals surface area contributed by atoms with Gasteiger partial charge in [0.1, 0.15) is 12.4 Å². The first-order chi connectivity index (χ1) is 10.6. The molecule has 0 saturated carbocycles. The van der Waals surface area contributed by atoms with Gasteiger partial charge in [-0.25, -0.2) is 8.78 Å². The van der Waals surface area contributed by atoms with Crippen LogP contribution in [0.1, 0.15) is 12.8 Å². The van der Waals surface area contributed by atoms with Gasteiger partial charge in [0.25, 0.3) is 6.43 Å². The quantitative estimate of drug-likeness (QED) is 0.842. The van der Waals surface area contributed by atoms with Crippen molar-refractivity contribution in [1.29, 1.82) is 0 Å². The summed E-state index contributed by atoms with van der Waals surface area (Å²) in [4.78, 5) is 12.1. The van der Waals surface area contributed by atoms with Crippen LogP contribution in [0.15, 0.2) is 24.3 Å². The summed E-state index contributed by atoms with van der Waals surface area (Å²) in [5.74, 6) is 0.183. The van der Waals surface area contributed by atoms with Crippen molar-refractivity contribution in [2.75, 3.05) is 25.1 Å². The van der Waals surface area contributed by atoms with Crippen molar-refractivity contribution >= 4 is 11.6 Å². The third kappa shape index (κ3) is 4.92. The van der Waals surface area contributed by atoms with Gasteiger partial charge in [-0.05, 0) is 43.0 Å². The van der Waals surface area contributed by atoms with E-state index in [0.717, 1.165) is 12.8 Å². The van der Waals surface area contributed by atoms with Crippen LogP contribution < -0.4 is 15.8 Å². The Morgan fingerprint density at radius 1 is 1.32 bits per heavy atom. The van der Waals surface area contributed by atoms with Crippen LogP contribution in [0.2, 0.25) is 0 Å². The lowest BCUT2D eigenvalue weighted by atomic mass is 9.92. The number of anilines is 1. The Labute approximate surface area is 127 Å². The van der Waals surface area contributed by atoms with Gasteiger partial charge < -0.3 is 20.5 Å². The summed E-state index contributed by atoms with van der Waals surface area (Å²) >= 11 is 0. The number of alkyl halides is 2. The minimum Gasteiger partial charge on any atom is -0.488 e. The van der Waals surface area contributed by atoms with E-state index in [2.05, 4.69) is 5.32 Å². The Balaban J connectivity index is 1.85. The zero-order valence-corrected chi connectivity index (χ0v) is 12.1. The van der Waals surface area contributed by atoms with E-state index in [1.54, 1.807) is 12.1 Å². The number of amides is 1. The topological polar surface area (TPSA) is 73.6 Å². The van der Waals surface area contributed by atoms with Crippen molar-refractivity contribution in [3.63, 3.8) is 0 Å². The molecule has 1 heterocycles. The molecule has 1 atom stereocenters. The van der Waals surface area contributed by atoms with Crippen molar-refractivity contribution in [1.82, 2.24) is 0 Å². The molecule has 1 unspecified atom stereocenters. The van der Waals surface area contributed by atoms with Gasteiger partial charge in [0.2, 0.25) is 5.91 Å². The number of nitrogens with one attached hydrogen (secondary N) is 1. The molecule has 1 amide bonds. The minimum absolute atomic E-state index is 0.113. The summed E-state index contributed by atoms with van der Waals surface area (Å²) in [7, 11) is 0.